The van der Waals surface area contributed by atoms with E-state index in [4.69, 9.17) is 11.6 Å². The number of benzene rings is 3. The molecule has 1 aliphatic rings. The molecule has 0 saturated carbocycles. The van der Waals surface area contributed by atoms with E-state index in [1.54, 1.807) is 11.0 Å². The Morgan fingerprint density at radius 3 is 2.66 bits per heavy atom. The number of aryl methyl sites for hydroxylation is 1. The molecule has 0 radical (unpaired) electrons. The second kappa shape index (κ2) is 7.64. The summed E-state index contributed by atoms with van der Waals surface area (Å²) in [4.78, 5) is 26.3. The summed E-state index contributed by atoms with van der Waals surface area (Å²) < 4.78 is 0.924. The minimum absolute atomic E-state index is 0.105. The van der Waals surface area contributed by atoms with E-state index in [-0.39, 0.29) is 11.6 Å². The van der Waals surface area contributed by atoms with Crippen LogP contribution >= 0.6 is 34.2 Å². The summed E-state index contributed by atoms with van der Waals surface area (Å²) in [6.45, 7) is 1.93. The highest BCUT2D eigenvalue weighted by Crippen LogP contribution is 2.40. The summed E-state index contributed by atoms with van der Waals surface area (Å²) in [5.41, 5.74) is 2.97. The highest BCUT2D eigenvalue weighted by molar-refractivity contribution is 14.1. The number of rotatable bonds is 3. The smallest absolute Gasteiger partial charge is 0.276 e. The number of nitrogens with zero attached hydrogens (tertiary/aromatic N) is 2. The molecular weight excluding hydrogens is 505 g/mol. The fourth-order valence-corrected chi connectivity index (χ4v) is 4.12. The van der Waals surface area contributed by atoms with Gasteiger partial charge in [-0.1, -0.05) is 23.7 Å². The summed E-state index contributed by atoms with van der Waals surface area (Å²) in [6.07, 6.45) is -0.782. The van der Waals surface area contributed by atoms with E-state index in [2.05, 4.69) is 27.9 Å². The topological polar surface area (TPSA) is 75.5 Å². The number of hydrogen-bond donors (Lipinski definition) is 1. The second-order valence-electron chi connectivity index (χ2n) is 6.71. The van der Waals surface area contributed by atoms with Gasteiger partial charge in [-0.3, -0.25) is 19.8 Å². The molecule has 0 spiro atoms. The van der Waals surface area contributed by atoms with Gasteiger partial charge in [0.05, 0.1) is 16.1 Å². The molecule has 1 aliphatic heterocycles. The van der Waals surface area contributed by atoms with E-state index in [9.17, 15) is 14.9 Å². The Labute approximate surface area is 185 Å². The van der Waals surface area contributed by atoms with Gasteiger partial charge in [0.1, 0.15) is 6.17 Å². The predicted molar refractivity (Wildman–Crippen MR) is 122 cm³/mol. The molecule has 6 nitrogen and oxygen atoms in total. The number of nitrogens with one attached hydrogen (secondary N) is 1. The van der Waals surface area contributed by atoms with Crippen LogP contribution in [-0.2, 0) is 0 Å². The van der Waals surface area contributed by atoms with Crippen molar-refractivity contribution < 1.29 is 9.72 Å². The molecule has 3 aromatic carbocycles. The Balaban J connectivity index is 1.95. The lowest BCUT2D eigenvalue weighted by Crippen LogP contribution is -2.43. The minimum atomic E-state index is -0.782. The summed E-state index contributed by atoms with van der Waals surface area (Å²) >= 11 is 8.32. The van der Waals surface area contributed by atoms with Crippen LogP contribution in [0.2, 0.25) is 5.02 Å². The van der Waals surface area contributed by atoms with Crippen LogP contribution in [0.3, 0.4) is 0 Å². The number of carbonyl (C=O) groups is 1. The van der Waals surface area contributed by atoms with Crippen LogP contribution in [0.5, 0.6) is 0 Å². The molecular formula is C21H15ClIN3O3. The van der Waals surface area contributed by atoms with Gasteiger partial charge in [0.25, 0.3) is 11.6 Å². The quantitative estimate of drug-likeness (QED) is 0.264. The van der Waals surface area contributed by atoms with Gasteiger partial charge in [-0.05, 0) is 77.5 Å². The lowest BCUT2D eigenvalue weighted by molar-refractivity contribution is -0.385. The third-order valence-electron chi connectivity index (χ3n) is 4.74. The maximum atomic E-state index is 13.5. The van der Waals surface area contributed by atoms with Gasteiger partial charge in [0.2, 0.25) is 0 Å². The van der Waals surface area contributed by atoms with Crippen molar-refractivity contribution in [2.75, 3.05) is 10.2 Å². The molecule has 0 saturated heterocycles. The van der Waals surface area contributed by atoms with Crippen molar-refractivity contribution in [3.8, 4) is 0 Å². The summed E-state index contributed by atoms with van der Waals surface area (Å²) in [7, 11) is 0. The maximum absolute atomic E-state index is 13.5. The number of halogens is 2. The first-order valence-corrected chi connectivity index (χ1v) is 10.2. The number of nitro benzene ring substituents is 1. The van der Waals surface area contributed by atoms with Crippen molar-refractivity contribution in [1.82, 2.24) is 0 Å². The van der Waals surface area contributed by atoms with Crippen molar-refractivity contribution >= 4 is 57.2 Å². The van der Waals surface area contributed by atoms with Crippen LogP contribution in [0.4, 0.5) is 17.1 Å². The largest absolute Gasteiger partial charge is 0.360 e. The minimum Gasteiger partial charge on any atom is -0.360 e. The van der Waals surface area contributed by atoms with Gasteiger partial charge in [-0.2, -0.15) is 0 Å². The van der Waals surface area contributed by atoms with E-state index in [1.165, 1.54) is 18.2 Å². The molecule has 0 unspecified atom stereocenters. The first-order chi connectivity index (χ1) is 13.8. The van der Waals surface area contributed by atoms with Crippen molar-refractivity contribution in [1.29, 1.82) is 0 Å². The summed E-state index contributed by atoms with van der Waals surface area (Å²) in [5.74, 6) is -0.234. The fraction of sp³-hybridized carbons (Fsp3) is 0.0952. The zero-order chi connectivity index (χ0) is 20.7. The molecule has 0 bridgehead atoms. The highest BCUT2D eigenvalue weighted by atomic mass is 127. The zero-order valence-electron chi connectivity index (χ0n) is 15.2. The first kappa shape index (κ1) is 19.7. The Kier molecular flexibility index (Phi) is 5.18. The molecule has 1 heterocycles. The molecule has 0 aliphatic carbocycles. The standard InChI is InChI=1S/C21H15ClIN3O3/c1-12-3-2-4-15(9-12)25-20(17-10-13(22)5-8-19(17)26(28)29)24-18-7-6-14(23)11-16(18)21(25)27/h2-11,20,24H,1H3/t20-/m0/s1. The molecule has 1 atom stereocenters. The maximum Gasteiger partial charge on any atom is 0.276 e. The Morgan fingerprint density at radius 2 is 1.93 bits per heavy atom. The number of hydrogen-bond acceptors (Lipinski definition) is 4. The SMILES string of the molecule is Cc1cccc(N2C(=O)c3cc(I)ccc3N[C@@H]2c2cc(Cl)ccc2[N+](=O)[O-])c1. The van der Waals surface area contributed by atoms with Crippen LogP contribution in [-0.4, -0.2) is 10.8 Å². The number of nitro groups is 1. The zero-order valence-corrected chi connectivity index (χ0v) is 18.1. The highest BCUT2D eigenvalue weighted by Gasteiger charge is 2.37. The van der Waals surface area contributed by atoms with E-state index >= 15 is 0 Å². The molecule has 1 N–H and O–H groups in total. The third-order valence-corrected chi connectivity index (χ3v) is 5.65. The number of fused-ring (bicyclic) bond motifs is 1. The van der Waals surface area contributed by atoms with Gasteiger partial charge in [-0.15, -0.1) is 0 Å². The number of carbonyl (C=O) groups excluding carboxylic acids is 1. The summed E-state index contributed by atoms with van der Waals surface area (Å²) in [5, 5.41) is 15.3. The molecule has 4 rings (SSSR count). The first-order valence-electron chi connectivity index (χ1n) is 8.75. The lowest BCUT2D eigenvalue weighted by atomic mass is 10.0. The second-order valence-corrected chi connectivity index (χ2v) is 8.39. The van der Waals surface area contributed by atoms with Crippen LogP contribution in [0.15, 0.2) is 60.7 Å². The molecule has 0 fully saturated rings. The van der Waals surface area contributed by atoms with Crippen LogP contribution < -0.4 is 10.2 Å². The van der Waals surface area contributed by atoms with Gasteiger partial charge < -0.3 is 5.32 Å². The lowest BCUT2D eigenvalue weighted by Gasteiger charge is -2.38. The van der Waals surface area contributed by atoms with Crippen LogP contribution in [0.25, 0.3) is 0 Å². The van der Waals surface area contributed by atoms with Crippen LogP contribution in [0, 0.1) is 20.6 Å². The Morgan fingerprint density at radius 1 is 1.14 bits per heavy atom. The van der Waals surface area contributed by atoms with Gasteiger partial charge in [-0.25, -0.2) is 0 Å². The molecule has 146 valence electrons. The third kappa shape index (κ3) is 3.67. The predicted octanol–water partition coefficient (Wildman–Crippen LogP) is 5.93. The van der Waals surface area contributed by atoms with Gasteiger partial charge >= 0.3 is 0 Å². The van der Waals surface area contributed by atoms with Crippen molar-refractivity contribution in [2.45, 2.75) is 13.1 Å². The van der Waals surface area contributed by atoms with E-state index < -0.39 is 11.1 Å². The normalized spacial score (nSPS) is 15.6. The van der Waals surface area contributed by atoms with Crippen molar-refractivity contribution in [2.24, 2.45) is 0 Å². The summed E-state index contributed by atoms with van der Waals surface area (Å²) in [6, 6.07) is 17.3. The monoisotopic (exact) mass is 519 g/mol. The Bertz CT molecular complexity index is 1150. The van der Waals surface area contributed by atoms with Crippen LogP contribution in [0.1, 0.15) is 27.7 Å². The number of amides is 1. The molecule has 8 heteroatoms. The van der Waals surface area contributed by atoms with E-state index in [0.717, 1.165) is 9.13 Å². The molecule has 3 aromatic rings. The average Bonchev–Trinajstić information content (AvgIpc) is 2.68. The number of anilines is 2. The van der Waals surface area contributed by atoms with Gasteiger partial charge in [0, 0.05) is 26.0 Å². The molecule has 1 amide bonds. The van der Waals surface area contributed by atoms with E-state index in [0.29, 0.717) is 27.5 Å². The average molecular weight is 520 g/mol. The van der Waals surface area contributed by atoms with E-state index in [1.807, 2.05) is 43.3 Å². The fourth-order valence-electron chi connectivity index (χ4n) is 3.45. The van der Waals surface area contributed by atoms with Crippen molar-refractivity contribution in [3.05, 3.63) is 96.1 Å². The van der Waals surface area contributed by atoms with Crippen molar-refractivity contribution in [3.63, 3.8) is 0 Å². The molecule has 29 heavy (non-hydrogen) atoms. The Hall–Kier alpha value is -2.65. The molecule has 0 aromatic heterocycles. The van der Waals surface area contributed by atoms with Gasteiger partial charge in [0.15, 0.2) is 0 Å².